The van der Waals surface area contributed by atoms with Gasteiger partial charge in [0.2, 0.25) is 0 Å². The average Bonchev–Trinajstić information content (AvgIpc) is 3.37. The molecule has 0 unspecified atom stereocenters. The van der Waals surface area contributed by atoms with Gasteiger partial charge in [-0.2, -0.15) is 0 Å². The summed E-state index contributed by atoms with van der Waals surface area (Å²) in [6.07, 6.45) is 0. The summed E-state index contributed by atoms with van der Waals surface area (Å²) >= 11 is 0. The van der Waals surface area contributed by atoms with Crippen LogP contribution in [0.25, 0.3) is 22.1 Å². The van der Waals surface area contributed by atoms with Gasteiger partial charge in [-0.3, -0.25) is 19.4 Å². The van der Waals surface area contributed by atoms with Crippen molar-refractivity contribution < 1.29 is 4.79 Å². The zero-order valence-electron chi connectivity index (χ0n) is 20.4. The van der Waals surface area contributed by atoms with Gasteiger partial charge in [-0.15, -0.1) is 0 Å². The lowest BCUT2D eigenvalue weighted by molar-refractivity contribution is 0.0953. The number of para-hydroxylation sites is 4. The third-order valence-electron chi connectivity index (χ3n) is 6.42. The maximum Gasteiger partial charge on any atom is 0.329 e. The molecule has 184 valence electrons. The van der Waals surface area contributed by atoms with Crippen molar-refractivity contribution in [3.8, 4) is 0 Å². The Morgan fingerprint density at radius 3 is 2.11 bits per heavy atom. The van der Waals surface area contributed by atoms with E-state index in [0.717, 1.165) is 46.5 Å². The fourth-order valence-corrected chi connectivity index (χ4v) is 4.54. The van der Waals surface area contributed by atoms with E-state index in [0.29, 0.717) is 18.7 Å². The van der Waals surface area contributed by atoms with Gasteiger partial charge in [0.05, 0.1) is 35.2 Å². The number of nitrogens with two attached hydrogens (primary N) is 1. The van der Waals surface area contributed by atoms with Gasteiger partial charge < -0.3 is 9.47 Å². The van der Waals surface area contributed by atoms with Crippen LogP contribution in [0.15, 0.2) is 77.6 Å². The first-order valence-electron chi connectivity index (χ1n) is 11.8. The maximum absolute atomic E-state index is 13.7. The van der Waals surface area contributed by atoms with Gasteiger partial charge in [0.15, 0.2) is 0 Å². The summed E-state index contributed by atoms with van der Waals surface area (Å²) < 4.78 is 5.76. The van der Waals surface area contributed by atoms with E-state index >= 15 is 0 Å². The number of nitrogens with zero attached hydrogens (tertiary/aromatic N) is 5. The first kappa shape index (κ1) is 23.5. The molecule has 0 aliphatic heterocycles. The molecule has 9 nitrogen and oxygen atoms in total. The van der Waals surface area contributed by atoms with Crippen LogP contribution in [0.2, 0.25) is 0 Å². The van der Waals surface area contributed by atoms with Gasteiger partial charge in [0.1, 0.15) is 5.82 Å². The molecule has 0 spiro atoms. The minimum absolute atomic E-state index is 0.105. The molecule has 0 radical (unpaired) electrons. The lowest BCUT2D eigenvalue weighted by Gasteiger charge is -2.13. The van der Waals surface area contributed by atoms with E-state index in [1.54, 1.807) is 21.3 Å². The topological polar surface area (TPSA) is 103 Å². The number of nitrogen functional groups attached to an aromatic ring is 1. The molecule has 0 atom stereocenters. The normalized spacial score (nSPS) is 11.6. The van der Waals surface area contributed by atoms with E-state index in [2.05, 4.69) is 21.0 Å². The van der Waals surface area contributed by atoms with Crippen molar-refractivity contribution in [3.63, 3.8) is 0 Å². The number of aromatic nitrogens is 4. The molecule has 3 N–H and O–H groups in total. The highest BCUT2D eigenvalue weighted by Crippen LogP contribution is 2.20. The Hall–Kier alpha value is -4.21. The Kier molecular flexibility index (Phi) is 6.41. The second-order valence-corrected chi connectivity index (χ2v) is 9.09. The van der Waals surface area contributed by atoms with Gasteiger partial charge >= 0.3 is 5.69 Å². The summed E-state index contributed by atoms with van der Waals surface area (Å²) in [4.78, 5) is 32.5. The van der Waals surface area contributed by atoms with Crippen molar-refractivity contribution in [2.45, 2.75) is 19.6 Å². The van der Waals surface area contributed by atoms with E-state index in [9.17, 15) is 9.59 Å². The van der Waals surface area contributed by atoms with Gasteiger partial charge in [-0.25, -0.2) is 15.6 Å². The van der Waals surface area contributed by atoms with Crippen molar-refractivity contribution in [2.75, 3.05) is 20.6 Å². The fraction of sp³-hybridized carbons (Fsp3) is 0.222. The highest BCUT2D eigenvalue weighted by atomic mass is 16.2. The summed E-state index contributed by atoms with van der Waals surface area (Å²) in [7, 11) is 4.10. The van der Waals surface area contributed by atoms with Gasteiger partial charge in [0.25, 0.3) is 5.91 Å². The second kappa shape index (κ2) is 9.80. The molecule has 0 fully saturated rings. The zero-order chi connectivity index (χ0) is 25.2. The number of amides is 1. The maximum atomic E-state index is 13.7. The number of benzene rings is 3. The van der Waals surface area contributed by atoms with Crippen LogP contribution in [0, 0.1) is 0 Å². The van der Waals surface area contributed by atoms with Crippen LogP contribution in [-0.2, 0) is 19.6 Å². The van der Waals surface area contributed by atoms with E-state index < -0.39 is 0 Å². The number of rotatable bonds is 8. The molecule has 0 saturated heterocycles. The fourth-order valence-electron chi connectivity index (χ4n) is 4.54. The highest BCUT2D eigenvalue weighted by Gasteiger charge is 2.17. The monoisotopic (exact) mass is 483 g/mol. The van der Waals surface area contributed by atoms with Crippen LogP contribution in [0.3, 0.4) is 0 Å². The largest absolute Gasteiger partial charge is 0.329 e. The van der Waals surface area contributed by atoms with Crippen LogP contribution < -0.4 is 17.0 Å². The molecule has 1 amide bonds. The molecule has 0 aliphatic carbocycles. The summed E-state index contributed by atoms with van der Waals surface area (Å²) in [5.41, 5.74) is 7.09. The molecular formula is C27H29N7O2. The molecule has 0 saturated carbocycles. The molecule has 5 rings (SSSR count). The first-order chi connectivity index (χ1) is 17.5. The highest BCUT2D eigenvalue weighted by molar-refractivity contribution is 5.93. The number of hydrazine groups is 1. The molecule has 36 heavy (non-hydrogen) atoms. The number of imidazole rings is 2. The summed E-state index contributed by atoms with van der Waals surface area (Å²) in [5.74, 6) is 5.72. The Labute approximate surface area is 208 Å². The van der Waals surface area contributed by atoms with Crippen LogP contribution >= 0.6 is 0 Å². The number of carbonyl (C=O) groups is 1. The van der Waals surface area contributed by atoms with Crippen molar-refractivity contribution in [1.82, 2.24) is 29.0 Å². The van der Waals surface area contributed by atoms with Crippen molar-refractivity contribution >= 4 is 28.0 Å². The molecular weight excluding hydrogens is 454 g/mol. The lowest BCUT2D eigenvalue weighted by atomic mass is 10.1. The quantitative estimate of drug-likeness (QED) is 0.200. The number of hydrogen-bond acceptors (Lipinski definition) is 5. The lowest BCUT2D eigenvalue weighted by Crippen LogP contribution is -2.30. The van der Waals surface area contributed by atoms with E-state index in [-0.39, 0.29) is 11.6 Å². The second-order valence-electron chi connectivity index (χ2n) is 9.09. The van der Waals surface area contributed by atoms with E-state index in [1.165, 1.54) is 0 Å². The Morgan fingerprint density at radius 2 is 1.47 bits per heavy atom. The summed E-state index contributed by atoms with van der Waals surface area (Å²) in [5, 5.41) is 0. The minimum Gasteiger partial charge on any atom is -0.325 e. The molecule has 2 heterocycles. The molecule has 0 aliphatic rings. The van der Waals surface area contributed by atoms with Crippen molar-refractivity contribution in [2.24, 2.45) is 5.84 Å². The Bertz CT molecular complexity index is 1590. The van der Waals surface area contributed by atoms with E-state index in [1.807, 2.05) is 68.7 Å². The summed E-state index contributed by atoms with van der Waals surface area (Å²) in [6.45, 7) is 2.39. The SMILES string of the molecule is CN(C)CCn1c(Cn2c(=O)n(Cc3ccc(C(=O)NN)cc3)c3ccccc32)nc2ccccc21. The van der Waals surface area contributed by atoms with Gasteiger partial charge in [-0.05, 0) is 56.1 Å². The first-order valence-corrected chi connectivity index (χ1v) is 11.8. The molecule has 3 aromatic carbocycles. The molecule has 5 aromatic rings. The number of nitrogens with one attached hydrogen (secondary N) is 1. The molecule has 0 bridgehead atoms. The van der Waals surface area contributed by atoms with E-state index in [4.69, 9.17) is 10.8 Å². The van der Waals surface area contributed by atoms with Gasteiger partial charge in [0, 0.05) is 18.7 Å². The molecule has 9 heteroatoms. The third kappa shape index (κ3) is 4.41. The molecule has 2 aromatic heterocycles. The Morgan fingerprint density at radius 1 is 0.861 bits per heavy atom. The van der Waals surface area contributed by atoms with Crippen LogP contribution in [-0.4, -0.2) is 50.1 Å². The zero-order valence-corrected chi connectivity index (χ0v) is 20.4. The predicted molar refractivity (Wildman–Crippen MR) is 141 cm³/mol. The number of hydrogen-bond donors (Lipinski definition) is 2. The summed E-state index contributed by atoms with van der Waals surface area (Å²) in [6, 6.07) is 23.0. The van der Waals surface area contributed by atoms with Crippen LogP contribution in [0.4, 0.5) is 0 Å². The number of likely N-dealkylation sites (N-methyl/N-ethyl adjacent to an activating group) is 1. The Balaban J connectivity index is 1.54. The number of carbonyl (C=O) groups excluding carboxylic acids is 1. The van der Waals surface area contributed by atoms with Gasteiger partial charge in [-0.1, -0.05) is 36.4 Å². The standard InChI is InChI=1S/C27H29N7O2/c1-31(2)15-16-32-22-8-4-3-7-21(22)29-25(32)18-34-24-10-6-5-9-23(24)33(27(34)36)17-19-11-13-20(14-12-19)26(35)30-28/h3-14H,15-18,28H2,1-2H3,(H,30,35). The van der Waals surface area contributed by atoms with Crippen LogP contribution in [0.1, 0.15) is 21.7 Å². The predicted octanol–water partition coefficient (Wildman–Crippen LogP) is 2.41. The smallest absolute Gasteiger partial charge is 0.325 e. The third-order valence-corrected chi connectivity index (χ3v) is 6.42. The number of fused-ring (bicyclic) bond motifs is 2. The average molecular weight is 484 g/mol. The van der Waals surface area contributed by atoms with Crippen LogP contribution in [0.5, 0.6) is 0 Å². The van der Waals surface area contributed by atoms with Crippen molar-refractivity contribution in [3.05, 3.63) is 100 Å². The van der Waals surface area contributed by atoms with Crippen molar-refractivity contribution in [1.29, 1.82) is 0 Å². The minimum atomic E-state index is -0.354.